The smallest absolute Gasteiger partial charge is 0.410 e. The van der Waals surface area contributed by atoms with Crippen molar-refractivity contribution in [2.75, 3.05) is 6.54 Å². The summed E-state index contributed by atoms with van der Waals surface area (Å²) in [5.41, 5.74) is 0.964. The molecule has 0 spiro atoms. The molecule has 8 nitrogen and oxygen atoms in total. The Labute approximate surface area is 216 Å². The van der Waals surface area contributed by atoms with Crippen molar-refractivity contribution in [2.24, 2.45) is 5.41 Å². The van der Waals surface area contributed by atoms with Gasteiger partial charge in [0.2, 0.25) is 0 Å². The Morgan fingerprint density at radius 2 is 1.81 bits per heavy atom. The predicted octanol–water partition coefficient (Wildman–Crippen LogP) is 6.31. The Bertz CT molecular complexity index is 1340. The van der Waals surface area contributed by atoms with Crippen LogP contribution in [0.2, 0.25) is 0 Å². The van der Waals surface area contributed by atoms with Gasteiger partial charge in [-0.3, -0.25) is 4.79 Å². The van der Waals surface area contributed by atoms with E-state index in [1.807, 2.05) is 12.1 Å². The normalized spacial score (nSPS) is 16.7. The van der Waals surface area contributed by atoms with Crippen LogP contribution in [-0.4, -0.2) is 45.8 Å². The first kappa shape index (κ1) is 24.4. The fourth-order valence-corrected chi connectivity index (χ4v) is 5.52. The van der Waals surface area contributed by atoms with E-state index >= 15 is 0 Å². The van der Waals surface area contributed by atoms with E-state index in [0.29, 0.717) is 34.2 Å². The molecule has 2 aliphatic rings. The van der Waals surface area contributed by atoms with Crippen molar-refractivity contribution < 1.29 is 33.8 Å². The first-order chi connectivity index (χ1) is 17.3. The number of aliphatic carboxylic acids is 1. The standard InChI is InChI=1S/C27H26BrNO7/c28-22-20-13-16(7-10-21(20)36-23(22)18-5-1-2-6-19(18)24(30)31)14-29(26(34)35-17-8-9-17)15-27(25(32)33)11-3-4-12-27/h1-2,5-7,10,13,17H,3-4,8-9,11-12,14-15H2,(H,30,31)(H,32,33). The van der Waals surface area contributed by atoms with Crippen molar-refractivity contribution in [3.63, 3.8) is 0 Å². The molecule has 9 heteroatoms. The summed E-state index contributed by atoms with van der Waals surface area (Å²) in [5.74, 6) is -1.53. The molecule has 188 valence electrons. The molecule has 1 heterocycles. The van der Waals surface area contributed by atoms with Gasteiger partial charge in [0.1, 0.15) is 17.4 Å². The van der Waals surface area contributed by atoms with Crippen LogP contribution in [0.25, 0.3) is 22.3 Å². The summed E-state index contributed by atoms with van der Waals surface area (Å²) in [4.78, 5) is 38.4. The van der Waals surface area contributed by atoms with Crippen LogP contribution < -0.4 is 0 Å². The van der Waals surface area contributed by atoms with Crippen molar-refractivity contribution in [1.82, 2.24) is 4.90 Å². The molecule has 2 aromatic carbocycles. The number of amides is 1. The van der Waals surface area contributed by atoms with E-state index in [4.69, 9.17) is 9.15 Å². The number of fused-ring (bicyclic) bond motifs is 1. The van der Waals surface area contributed by atoms with E-state index in [2.05, 4.69) is 15.9 Å². The lowest BCUT2D eigenvalue weighted by atomic mass is 9.85. The number of carbonyl (C=O) groups is 3. The molecule has 1 aromatic heterocycles. The van der Waals surface area contributed by atoms with Crippen LogP contribution in [-0.2, 0) is 16.1 Å². The second-order valence-corrected chi connectivity index (χ2v) is 10.5. The van der Waals surface area contributed by atoms with Gasteiger partial charge in [-0.1, -0.05) is 37.1 Å². The van der Waals surface area contributed by atoms with Crippen molar-refractivity contribution in [1.29, 1.82) is 0 Å². The van der Waals surface area contributed by atoms with Crippen LogP contribution in [0.5, 0.6) is 0 Å². The first-order valence-corrected chi connectivity index (χ1v) is 12.8. The molecular weight excluding hydrogens is 530 g/mol. The summed E-state index contributed by atoms with van der Waals surface area (Å²) in [5, 5.41) is 20.3. The van der Waals surface area contributed by atoms with Crippen LogP contribution >= 0.6 is 15.9 Å². The van der Waals surface area contributed by atoms with Crippen molar-refractivity contribution in [3.05, 3.63) is 58.1 Å². The highest BCUT2D eigenvalue weighted by atomic mass is 79.9. The van der Waals surface area contributed by atoms with Gasteiger partial charge in [-0.25, -0.2) is 9.59 Å². The molecule has 2 saturated carbocycles. The zero-order valence-electron chi connectivity index (χ0n) is 19.5. The van der Waals surface area contributed by atoms with Crippen molar-refractivity contribution in [2.45, 2.75) is 51.2 Å². The van der Waals surface area contributed by atoms with Gasteiger partial charge in [-0.05, 0) is 65.4 Å². The van der Waals surface area contributed by atoms with E-state index in [0.717, 1.165) is 36.6 Å². The molecule has 0 radical (unpaired) electrons. The number of carbonyl (C=O) groups excluding carboxylic acids is 1. The van der Waals surface area contributed by atoms with Crippen LogP contribution in [0.15, 0.2) is 51.4 Å². The van der Waals surface area contributed by atoms with Gasteiger partial charge in [0.25, 0.3) is 0 Å². The van der Waals surface area contributed by atoms with Crippen molar-refractivity contribution >= 4 is 44.9 Å². The lowest BCUT2D eigenvalue weighted by molar-refractivity contribution is -0.149. The average molecular weight is 556 g/mol. The van der Waals surface area contributed by atoms with E-state index < -0.39 is 23.4 Å². The maximum Gasteiger partial charge on any atom is 0.410 e. The van der Waals surface area contributed by atoms with Crippen molar-refractivity contribution in [3.8, 4) is 11.3 Å². The number of carboxylic acids is 2. The Morgan fingerprint density at radius 1 is 1.08 bits per heavy atom. The molecule has 36 heavy (non-hydrogen) atoms. The third kappa shape index (κ3) is 4.72. The van der Waals surface area contributed by atoms with Crippen LogP contribution in [0.4, 0.5) is 4.79 Å². The van der Waals surface area contributed by atoms with Crippen LogP contribution in [0, 0.1) is 5.41 Å². The average Bonchev–Trinajstić information content (AvgIpc) is 3.43. The Morgan fingerprint density at radius 3 is 2.47 bits per heavy atom. The minimum absolute atomic E-state index is 0.0910. The fourth-order valence-electron chi connectivity index (χ4n) is 4.92. The SMILES string of the molecule is O=C(O)c1ccccc1-c1oc2ccc(CN(CC3(C(=O)O)CCCC3)C(=O)OC3CC3)cc2c1Br. The van der Waals surface area contributed by atoms with Crippen LogP contribution in [0.3, 0.4) is 0 Å². The zero-order valence-corrected chi connectivity index (χ0v) is 21.1. The zero-order chi connectivity index (χ0) is 25.4. The van der Waals surface area contributed by atoms with Gasteiger partial charge in [-0.2, -0.15) is 0 Å². The van der Waals surface area contributed by atoms with E-state index in [-0.39, 0.29) is 24.8 Å². The number of benzene rings is 2. The number of halogens is 1. The third-order valence-corrected chi connectivity index (χ3v) is 7.81. The first-order valence-electron chi connectivity index (χ1n) is 12.0. The monoisotopic (exact) mass is 555 g/mol. The summed E-state index contributed by atoms with van der Waals surface area (Å²) < 4.78 is 12.2. The quantitative estimate of drug-likeness (QED) is 0.334. The summed E-state index contributed by atoms with van der Waals surface area (Å²) in [6.07, 6.45) is 3.80. The van der Waals surface area contributed by atoms with Gasteiger partial charge in [0.15, 0.2) is 0 Å². The molecule has 1 amide bonds. The molecule has 0 unspecified atom stereocenters. The second kappa shape index (κ2) is 9.61. The van der Waals surface area contributed by atoms with Gasteiger partial charge in [-0.15, -0.1) is 0 Å². The molecule has 2 N–H and O–H groups in total. The Balaban J connectivity index is 1.47. The lowest BCUT2D eigenvalue weighted by Gasteiger charge is -2.31. The van der Waals surface area contributed by atoms with Gasteiger partial charge >= 0.3 is 18.0 Å². The Hall–Kier alpha value is -3.33. The lowest BCUT2D eigenvalue weighted by Crippen LogP contribution is -2.44. The van der Waals surface area contributed by atoms with E-state index in [1.165, 1.54) is 11.0 Å². The molecular formula is C27H26BrNO7. The highest BCUT2D eigenvalue weighted by Gasteiger charge is 2.44. The molecule has 0 atom stereocenters. The second-order valence-electron chi connectivity index (χ2n) is 9.66. The van der Waals surface area contributed by atoms with Gasteiger partial charge in [0.05, 0.1) is 15.5 Å². The highest BCUT2D eigenvalue weighted by molar-refractivity contribution is 9.10. The molecule has 2 aliphatic carbocycles. The predicted molar refractivity (Wildman–Crippen MR) is 135 cm³/mol. The molecule has 0 aliphatic heterocycles. The number of ether oxygens (including phenoxy) is 1. The number of rotatable bonds is 8. The minimum atomic E-state index is -1.05. The number of carboxylic acid groups (broad SMARTS) is 2. The fraction of sp³-hybridized carbons (Fsp3) is 0.370. The van der Waals surface area contributed by atoms with Crippen LogP contribution in [0.1, 0.15) is 54.4 Å². The summed E-state index contributed by atoms with van der Waals surface area (Å²) in [6, 6.07) is 12.1. The summed E-state index contributed by atoms with van der Waals surface area (Å²) >= 11 is 3.57. The largest absolute Gasteiger partial charge is 0.481 e. The third-order valence-electron chi connectivity index (χ3n) is 7.03. The van der Waals surface area contributed by atoms with E-state index in [1.54, 1.807) is 24.3 Å². The molecule has 0 saturated heterocycles. The number of hydrogen-bond acceptors (Lipinski definition) is 5. The molecule has 3 aromatic rings. The number of furan rings is 1. The molecule has 2 fully saturated rings. The van der Waals surface area contributed by atoms with E-state index in [9.17, 15) is 24.6 Å². The molecule has 0 bridgehead atoms. The maximum atomic E-state index is 13.0. The minimum Gasteiger partial charge on any atom is -0.481 e. The topological polar surface area (TPSA) is 117 Å². The summed E-state index contributed by atoms with van der Waals surface area (Å²) in [7, 11) is 0. The Kier molecular flexibility index (Phi) is 6.51. The van der Waals surface area contributed by atoms with Gasteiger partial charge < -0.3 is 24.3 Å². The number of aromatic carboxylic acids is 1. The highest BCUT2D eigenvalue weighted by Crippen LogP contribution is 2.41. The molecule has 5 rings (SSSR count). The number of hydrogen-bond donors (Lipinski definition) is 2. The van der Waals surface area contributed by atoms with Gasteiger partial charge in [0, 0.05) is 24.0 Å². The maximum absolute atomic E-state index is 13.0. The number of nitrogens with zero attached hydrogens (tertiary/aromatic N) is 1. The summed E-state index contributed by atoms with van der Waals surface area (Å²) in [6.45, 7) is 0.283.